The van der Waals surface area contributed by atoms with Crippen LogP contribution in [0, 0.1) is 11.8 Å². The third kappa shape index (κ3) is 12.3. The lowest BCUT2D eigenvalue weighted by Crippen LogP contribution is -2.58. The van der Waals surface area contributed by atoms with Crippen LogP contribution in [0.15, 0.2) is 29.3 Å². The van der Waals surface area contributed by atoms with Gasteiger partial charge in [-0.15, -0.1) is 0 Å². The van der Waals surface area contributed by atoms with Crippen LogP contribution in [0.3, 0.4) is 0 Å². The SMILES string of the molecule is CCC(C)C(NC(=O)C(CC(C)C)NC(=O)C(CCCN=C(N)N)NC(=O)C(N)Cc1ccc(O)cc1)C(=O)O. The van der Waals surface area contributed by atoms with E-state index in [-0.39, 0.29) is 49.4 Å². The number of benzene rings is 1. The molecule has 5 atom stereocenters. The standard InChI is InChI=1S/C27H45N7O6/c1-5-16(4)22(26(39)40)34-25(38)21(13-15(2)3)33-24(37)20(7-6-12-31-27(29)30)32-23(36)19(28)14-17-8-10-18(35)11-9-17/h8-11,15-16,19-22,35H,5-7,12-14,28H2,1-4H3,(H,32,36)(H,33,37)(H,34,38)(H,39,40)(H4,29,30,31). The molecule has 0 heterocycles. The molecule has 0 aliphatic heterocycles. The number of aliphatic imine (C=N–C) groups is 1. The molecule has 11 N–H and O–H groups in total. The van der Waals surface area contributed by atoms with Crippen molar-refractivity contribution in [2.75, 3.05) is 6.54 Å². The number of phenols is 1. The van der Waals surface area contributed by atoms with E-state index >= 15 is 0 Å². The topological polar surface area (TPSA) is 235 Å². The summed E-state index contributed by atoms with van der Waals surface area (Å²) in [6.07, 6.45) is 1.45. The average Bonchev–Trinajstić information content (AvgIpc) is 2.88. The van der Waals surface area contributed by atoms with Crippen molar-refractivity contribution in [3.63, 3.8) is 0 Å². The number of phenolic OH excluding ortho intramolecular Hbond substituents is 1. The van der Waals surface area contributed by atoms with Crippen molar-refractivity contribution in [3.8, 4) is 5.75 Å². The zero-order valence-corrected chi connectivity index (χ0v) is 23.7. The Bertz CT molecular complexity index is 1010. The van der Waals surface area contributed by atoms with E-state index in [0.717, 1.165) is 5.56 Å². The highest BCUT2D eigenvalue weighted by molar-refractivity contribution is 5.94. The van der Waals surface area contributed by atoms with E-state index in [2.05, 4.69) is 20.9 Å². The van der Waals surface area contributed by atoms with E-state index in [9.17, 15) is 29.4 Å². The molecule has 1 aromatic rings. The number of nitrogens with zero attached hydrogens (tertiary/aromatic N) is 1. The molecule has 3 amide bonds. The molecule has 0 bridgehead atoms. The molecule has 0 saturated heterocycles. The van der Waals surface area contributed by atoms with Crippen molar-refractivity contribution in [2.45, 2.75) is 84.0 Å². The van der Waals surface area contributed by atoms with Crippen molar-refractivity contribution < 1.29 is 29.4 Å². The van der Waals surface area contributed by atoms with Crippen molar-refractivity contribution >= 4 is 29.7 Å². The van der Waals surface area contributed by atoms with E-state index in [0.29, 0.717) is 12.8 Å². The molecule has 1 rings (SSSR count). The fraction of sp³-hybridized carbons (Fsp3) is 0.593. The number of carbonyl (C=O) groups excluding carboxylic acids is 3. The first kappa shape index (κ1) is 34.2. The number of nitrogens with two attached hydrogens (primary N) is 3. The van der Waals surface area contributed by atoms with E-state index in [1.807, 2.05) is 20.8 Å². The minimum atomic E-state index is -1.16. The molecule has 0 spiro atoms. The van der Waals surface area contributed by atoms with Crippen LogP contribution in [-0.4, -0.2) is 70.6 Å². The number of rotatable bonds is 17. The minimum absolute atomic E-state index is 0.00318. The smallest absolute Gasteiger partial charge is 0.326 e. The van der Waals surface area contributed by atoms with Crippen molar-refractivity contribution in [2.24, 2.45) is 34.0 Å². The molecular weight excluding hydrogens is 518 g/mol. The predicted octanol–water partition coefficient (Wildman–Crippen LogP) is -0.0532. The first-order valence-corrected chi connectivity index (χ1v) is 13.5. The van der Waals surface area contributed by atoms with Crippen molar-refractivity contribution in [1.29, 1.82) is 0 Å². The second-order valence-corrected chi connectivity index (χ2v) is 10.4. The summed E-state index contributed by atoms with van der Waals surface area (Å²) in [5, 5.41) is 26.9. The number of hydrogen-bond acceptors (Lipinski definition) is 7. The number of carboxylic acids is 1. The number of nitrogens with one attached hydrogen (secondary N) is 3. The molecule has 224 valence electrons. The lowest BCUT2D eigenvalue weighted by molar-refractivity contribution is -0.144. The van der Waals surface area contributed by atoms with Gasteiger partial charge in [-0.2, -0.15) is 0 Å². The van der Waals surface area contributed by atoms with E-state index in [4.69, 9.17) is 17.2 Å². The highest BCUT2D eigenvalue weighted by atomic mass is 16.4. The van der Waals surface area contributed by atoms with Crippen LogP contribution in [0.1, 0.15) is 58.9 Å². The van der Waals surface area contributed by atoms with Gasteiger partial charge in [0.05, 0.1) is 6.04 Å². The predicted molar refractivity (Wildman–Crippen MR) is 152 cm³/mol. The Kier molecular flexibility index (Phi) is 14.5. The number of aromatic hydroxyl groups is 1. The Morgan fingerprint density at radius 1 is 0.925 bits per heavy atom. The zero-order valence-electron chi connectivity index (χ0n) is 23.7. The first-order chi connectivity index (χ1) is 18.7. The van der Waals surface area contributed by atoms with Gasteiger partial charge in [0.15, 0.2) is 5.96 Å². The van der Waals surface area contributed by atoms with Gasteiger partial charge in [0.25, 0.3) is 0 Å². The molecule has 0 aliphatic carbocycles. The number of guanidine groups is 1. The average molecular weight is 564 g/mol. The fourth-order valence-electron chi connectivity index (χ4n) is 3.94. The van der Waals surface area contributed by atoms with Gasteiger partial charge >= 0.3 is 5.97 Å². The first-order valence-electron chi connectivity index (χ1n) is 13.5. The largest absolute Gasteiger partial charge is 0.508 e. The molecule has 1 aromatic carbocycles. The third-order valence-electron chi connectivity index (χ3n) is 6.42. The Morgan fingerprint density at radius 2 is 1.50 bits per heavy atom. The molecule has 0 aliphatic rings. The Morgan fingerprint density at radius 3 is 2.02 bits per heavy atom. The Labute approximate surface area is 235 Å². The summed E-state index contributed by atoms with van der Waals surface area (Å²) in [6.45, 7) is 7.49. The normalized spacial score (nSPS) is 14.8. The van der Waals surface area contributed by atoms with E-state index in [1.54, 1.807) is 19.1 Å². The highest BCUT2D eigenvalue weighted by Crippen LogP contribution is 2.13. The summed E-state index contributed by atoms with van der Waals surface area (Å²) in [6, 6.07) is 2.06. The molecule has 13 heteroatoms. The van der Waals surface area contributed by atoms with Gasteiger partial charge in [0, 0.05) is 6.54 Å². The van der Waals surface area contributed by atoms with Gasteiger partial charge in [-0.05, 0) is 55.2 Å². The Hall–Kier alpha value is -3.87. The quantitative estimate of drug-likeness (QED) is 0.0719. The van der Waals surface area contributed by atoms with Crippen molar-refractivity contribution in [3.05, 3.63) is 29.8 Å². The third-order valence-corrected chi connectivity index (χ3v) is 6.42. The number of aliphatic carboxylic acids is 1. The van der Waals surface area contributed by atoms with Crippen LogP contribution in [-0.2, 0) is 25.6 Å². The van der Waals surface area contributed by atoms with Crippen LogP contribution in [0.5, 0.6) is 5.75 Å². The summed E-state index contributed by atoms with van der Waals surface area (Å²) in [5.41, 5.74) is 17.5. The molecule has 5 unspecified atom stereocenters. The van der Waals surface area contributed by atoms with Gasteiger partial charge in [-0.25, -0.2) is 4.79 Å². The number of amides is 3. The maximum Gasteiger partial charge on any atom is 0.326 e. The highest BCUT2D eigenvalue weighted by Gasteiger charge is 2.32. The maximum atomic E-state index is 13.4. The van der Waals surface area contributed by atoms with Gasteiger partial charge in [0.1, 0.15) is 23.9 Å². The molecular formula is C27H45N7O6. The number of carboxylic acid groups (broad SMARTS) is 1. The van der Waals surface area contributed by atoms with Crippen LogP contribution < -0.4 is 33.2 Å². The summed E-state index contributed by atoms with van der Waals surface area (Å²) < 4.78 is 0. The van der Waals surface area contributed by atoms with Crippen LogP contribution in [0.2, 0.25) is 0 Å². The summed E-state index contributed by atoms with van der Waals surface area (Å²) in [7, 11) is 0. The second-order valence-electron chi connectivity index (χ2n) is 10.4. The van der Waals surface area contributed by atoms with Gasteiger partial charge < -0.3 is 43.4 Å². The van der Waals surface area contributed by atoms with Crippen molar-refractivity contribution in [1.82, 2.24) is 16.0 Å². The van der Waals surface area contributed by atoms with Crippen LogP contribution in [0.25, 0.3) is 0 Å². The molecule has 0 saturated carbocycles. The van der Waals surface area contributed by atoms with Gasteiger partial charge in [0.2, 0.25) is 17.7 Å². The fourth-order valence-corrected chi connectivity index (χ4v) is 3.94. The number of carbonyl (C=O) groups is 4. The maximum absolute atomic E-state index is 13.4. The van der Waals surface area contributed by atoms with Gasteiger partial charge in [-0.3, -0.25) is 19.4 Å². The zero-order chi connectivity index (χ0) is 30.4. The second kappa shape index (κ2) is 17.0. The summed E-state index contributed by atoms with van der Waals surface area (Å²) in [4.78, 5) is 55.0. The molecule has 0 aromatic heterocycles. The van der Waals surface area contributed by atoms with E-state index < -0.39 is 47.9 Å². The minimum Gasteiger partial charge on any atom is -0.508 e. The number of hydrogen-bond donors (Lipinski definition) is 8. The van der Waals surface area contributed by atoms with Gasteiger partial charge in [-0.1, -0.05) is 46.2 Å². The summed E-state index contributed by atoms with van der Waals surface area (Å²) >= 11 is 0. The van der Waals surface area contributed by atoms with Crippen LogP contribution >= 0.6 is 0 Å². The lowest BCUT2D eigenvalue weighted by atomic mass is 9.97. The molecule has 40 heavy (non-hydrogen) atoms. The monoisotopic (exact) mass is 563 g/mol. The lowest BCUT2D eigenvalue weighted by Gasteiger charge is -2.27. The van der Waals surface area contributed by atoms with E-state index in [1.165, 1.54) is 12.1 Å². The van der Waals surface area contributed by atoms with Crippen LogP contribution in [0.4, 0.5) is 0 Å². The molecule has 0 fully saturated rings. The Balaban J connectivity index is 3.06. The molecule has 13 nitrogen and oxygen atoms in total. The summed E-state index contributed by atoms with van der Waals surface area (Å²) in [5.74, 6) is -3.34. The molecule has 0 radical (unpaired) electrons.